The molecule has 3 nitrogen and oxygen atoms in total. The van der Waals surface area contributed by atoms with E-state index in [1.54, 1.807) is 0 Å². The highest BCUT2D eigenvalue weighted by atomic mass is 16.5. The summed E-state index contributed by atoms with van der Waals surface area (Å²) < 4.78 is 5.59. The van der Waals surface area contributed by atoms with Crippen molar-refractivity contribution >= 4 is 0 Å². The molecule has 0 aromatic heterocycles. The summed E-state index contributed by atoms with van der Waals surface area (Å²) in [6.45, 7) is 2.75. The average molecular weight is 241 g/mol. The van der Waals surface area contributed by atoms with Gasteiger partial charge in [0.15, 0.2) is 0 Å². The summed E-state index contributed by atoms with van der Waals surface area (Å²) in [4.78, 5) is 0. The molecule has 100 valence electrons. The Labute approximate surface area is 105 Å². The molecule has 1 aliphatic heterocycles. The fraction of sp³-hybridized carbons (Fsp3) is 1.00. The van der Waals surface area contributed by atoms with Crippen LogP contribution in [0.4, 0.5) is 0 Å². The first-order valence-electron chi connectivity index (χ1n) is 7.33. The van der Waals surface area contributed by atoms with Gasteiger partial charge in [-0.05, 0) is 45.1 Å². The molecular formula is C14H27NO2. The van der Waals surface area contributed by atoms with E-state index in [0.717, 1.165) is 32.5 Å². The van der Waals surface area contributed by atoms with Gasteiger partial charge < -0.3 is 15.2 Å². The molecule has 0 bridgehead atoms. The molecule has 2 rings (SSSR count). The van der Waals surface area contributed by atoms with Gasteiger partial charge in [0, 0.05) is 13.2 Å². The van der Waals surface area contributed by atoms with E-state index < -0.39 is 5.60 Å². The number of hydrogen-bond acceptors (Lipinski definition) is 3. The Morgan fingerprint density at radius 1 is 1.18 bits per heavy atom. The molecule has 17 heavy (non-hydrogen) atoms. The number of ether oxygens (including phenoxy) is 1. The minimum Gasteiger partial charge on any atom is -0.389 e. The van der Waals surface area contributed by atoms with Crippen molar-refractivity contribution in [2.24, 2.45) is 0 Å². The van der Waals surface area contributed by atoms with Crippen molar-refractivity contribution in [2.75, 3.05) is 19.7 Å². The van der Waals surface area contributed by atoms with Gasteiger partial charge in [0.05, 0.1) is 11.7 Å². The Morgan fingerprint density at radius 2 is 2.00 bits per heavy atom. The van der Waals surface area contributed by atoms with Gasteiger partial charge in [-0.1, -0.05) is 19.3 Å². The molecule has 1 heterocycles. The first kappa shape index (κ1) is 13.3. The van der Waals surface area contributed by atoms with Crippen LogP contribution in [-0.2, 0) is 4.74 Å². The fourth-order valence-corrected chi connectivity index (χ4v) is 3.03. The maximum absolute atomic E-state index is 10.3. The largest absolute Gasteiger partial charge is 0.389 e. The molecule has 0 aromatic rings. The lowest BCUT2D eigenvalue weighted by Crippen LogP contribution is -2.42. The van der Waals surface area contributed by atoms with Crippen LogP contribution in [0.15, 0.2) is 0 Å². The standard InChI is InChI=1S/C14H27NO2/c16-14(8-2-1-3-9-14)12-15-10-4-6-13-7-5-11-17-13/h13,15-16H,1-12H2. The number of hydrogen-bond donors (Lipinski definition) is 2. The highest BCUT2D eigenvalue weighted by Crippen LogP contribution is 2.27. The summed E-state index contributed by atoms with van der Waals surface area (Å²) in [6, 6.07) is 0. The van der Waals surface area contributed by atoms with Gasteiger partial charge in [-0.15, -0.1) is 0 Å². The average Bonchev–Trinajstić information content (AvgIpc) is 2.82. The van der Waals surface area contributed by atoms with Crippen molar-refractivity contribution < 1.29 is 9.84 Å². The van der Waals surface area contributed by atoms with Crippen LogP contribution in [0.25, 0.3) is 0 Å². The number of nitrogens with one attached hydrogen (secondary N) is 1. The van der Waals surface area contributed by atoms with Crippen LogP contribution in [0.3, 0.4) is 0 Å². The topological polar surface area (TPSA) is 41.5 Å². The third-order valence-corrected chi connectivity index (χ3v) is 4.14. The van der Waals surface area contributed by atoms with Gasteiger partial charge in [-0.3, -0.25) is 0 Å². The molecule has 1 unspecified atom stereocenters. The molecule has 1 saturated heterocycles. The summed E-state index contributed by atoms with van der Waals surface area (Å²) in [7, 11) is 0. The van der Waals surface area contributed by atoms with Crippen molar-refractivity contribution in [1.82, 2.24) is 5.32 Å². The first-order valence-corrected chi connectivity index (χ1v) is 7.33. The van der Waals surface area contributed by atoms with Crippen LogP contribution in [0.1, 0.15) is 57.8 Å². The predicted molar refractivity (Wildman–Crippen MR) is 69.1 cm³/mol. The van der Waals surface area contributed by atoms with E-state index in [0.29, 0.717) is 6.10 Å². The molecule has 3 heteroatoms. The molecule has 0 radical (unpaired) electrons. The van der Waals surface area contributed by atoms with E-state index in [-0.39, 0.29) is 0 Å². The summed E-state index contributed by atoms with van der Waals surface area (Å²) >= 11 is 0. The zero-order valence-electron chi connectivity index (χ0n) is 10.9. The number of rotatable bonds is 6. The zero-order valence-corrected chi connectivity index (χ0v) is 10.9. The van der Waals surface area contributed by atoms with E-state index in [4.69, 9.17) is 4.74 Å². The quantitative estimate of drug-likeness (QED) is 0.701. The lowest BCUT2D eigenvalue weighted by atomic mass is 9.85. The smallest absolute Gasteiger partial charge is 0.0771 e. The van der Waals surface area contributed by atoms with E-state index in [1.165, 1.54) is 44.9 Å². The van der Waals surface area contributed by atoms with Gasteiger partial charge in [0.1, 0.15) is 0 Å². The van der Waals surface area contributed by atoms with Crippen molar-refractivity contribution in [3.05, 3.63) is 0 Å². The highest BCUT2D eigenvalue weighted by molar-refractivity contribution is 4.84. The van der Waals surface area contributed by atoms with Crippen molar-refractivity contribution in [2.45, 2.75) is 69.5 Å². The summed E-state index contributed by atoms with van der Waals surface area (Å²) in [5.74, 6) is 0. The third-order valence-electron chi connectivity index (χ3n) is 4.14. The van der Waals surface area contributed by atoms with E-state index >= 15 is 0 Å². The molecule has 0 aromatic carbocycles. The molecule has 0 amide bonds. The maximum atomic E-state index is 10.3. The predicted octanol–water partition coefficient (Wildman–Crippen LogP) is 2.23. The maximum Gasteiger partial charge on any atom is 0.0771 e. The van der Waals surface area contributed by atoms with Crippen LogP contribution in [0, 0.1) is 0 Å². The van der Waals surface area contributed by atoms with Crippen LogP contribution in [-0.4, -0.2) is 36.5 Å². The van der Waals surface area contributed by atoms with Gasteiger partial charge in [0.25, 0.3) is 0 Å². The minimum absolute atomic E-state index is 0.415. The van der Waals surface area contributed by atoms with E-state index in [1.807, 2.05) is 0 Å². The van der Waals surface area contributed by atoms with Gasteiger partial charge in [-0.2, -0.15) is 0 Å². The van der Waals surface area contributed by atoms with Crippen molar-refractivity contribution in [3.63, 3.8) is 0 Å². The molecule has 1 saturated carbocycles. The van der Waals surface area contributed by atoms with Gasteiger partial charge in [0.2, 0.25) is 0 Å². The molecule has 1 atom stereocenters. The molecule has 1 aliphatic carbocycles. The lowest BCUT2D eigenvalue weighted by Gasteiger charge is -2.32. The molecule has 2 aliphatic rings. The zero-order chi connectivity index (χ0) is 12.0. The Hall–Kier alpha value is -0.120. The fourth-order valence-electron chi connectivity index (χ4n) is 3.03. The molecule has 2 N–H and O–H groups in total. The monoisotopic (exact) mass is 241 g/mol. The Kier molecular flexibility index (Phi) is 5.26. The lowest BCUT2D eigenvalue weighted by molar-refractivity contribution is 0.00483. The molecule has 0 spiro atoms. The van der Waals surface area contributed by atoms with Crippen LogP contribution < -0.4 is 5.32 Å². The minimum atomic E-state index is -0.415. The summed E-state index contributed by atoms with van der Waals surface area (Å²) in [5, 5.41) is 13.7. The van der Waals surface area contributed by atoms with E-state index in [9.17, 15) is 5.11 Å². The first-order chi connectivity index (χ1) is 8.29. The van der Waals surface area contributed by atoms with Crippen molar-refractivity contribution in [1.29, 1.82) is 0 Å². The second kappa shape index (κ2) is 6.72. The van der Waals surface area contributed by atoms with Crippen LogP contribution >= 0.6 is 0 Å². The van der Waals surface area contributed by atoms with E-state index in [2.05, 4.69) is 5.32 Å². The second-order valence-corrected chi connectivity index (χ2v) is 5.74. The highest BCUT2D eigenvalue weighted by Gasteiger charge is 2.28. The molecular weight excluding hydrogens is 214 g/mol. The van der Waals surface area contributed by atoms with Crippen LogP contribution in [0.2, 0.25) is 0 Å². The normalized spacial score (nSPS) is 28.4. The van der Waals surface area contributed by atoms with Gasteiger partial charge >= 0.3 is 0 Å². The Balaban J connectivity index is 1.50. The molecule has 2 fully saturated rings. The number of aliphatic hydroxyl groups is 1. The summed E-state index contributed by atoms with van der Waals surface area (Å²) in [5.41, 5.74) is -0.415. The van der Waals surface area contributed by atoms with Gasteiger partial charge in [-0.25, -0.2) is 0 Å². The second-order valence-electron chi connectivity index (χ2n) is 5.74. The Morgan fingerprint density at radius 3 is 2.71 bits per heavy atom. The third kappa shape index (κ3) is 4.57. The summed E-state index contributed by atoms with van der Waals surface area (Å²) in [6.07, 6.45) is 10.9. The van der Waals surface area contributed by atoms with Crippen LogP contribution in [0.5, 0.6) is 0 Å². The SMILES string of the molecule is OC1(CNCCCC2CCCO2)CCCCC1. The Bertz CT molecular complexity index is 208. The van der Waals surface area contributed by atoms with Crippen molar-refractivity contribution in [3.8, 4) is 0 Å².